The van der Waals surface area contributed by atoms with Crippen molar-refractivity contribution in [2.45, 2.75) is 25.3 Å². The summed E-state index contributed by atoms with van der Waals surface area (Å²) in [6, 6.07) is 24.7. The monoisotopic (exact) mass is 632 g/mol. The third kappa shape index (κ3) is 5.35. The van der Waals surface area contributed by atoms with Gasteiger partial charge in [0.1, 0.15) is 23.0 Å². The van der Waals surface area contributed by atoms with Gasteiger partial charge < -0.3 is 20.4 Å². The van der Waals surface area contributed by atoms with Gasteiger partial charge in [-0.25, -0.2) is 4.39 Å². The van der Waals surface area contributed by atoms with Crippen LogP contribution in [0, 0.1) is 12.7 Å². The van der Waals surface area contributed by atoms with Gasteiger partial charge in [0.2, 0.25) is 0 Å². The highest BCUT2D eigenvalue weighted by atomic mass is 35.5. The number of nitrogens with zero attached hydrogens (tertiary/aromatic N) is 1. The van der Waals surface area contributed by atoms with E-state index in [4.69, 9.17) is 21.0 Å². The second-order valence-corrected chi connectivity index (χ2v) is 12.0. The van der Waals surface area contributed by atoms with Crippen molar-refractivity contribution in [3.05, 3.63) is 124 Å². The summed E-state index contributed by atoms with van der Waals surface area (Å²) in [6.07, 6.45) is 3.54. The number of hydrogen-bond acceptors (Lipinski definition) is 5. The highest BCUT2D eigenvalue weighted by Crippen LogP contribution is 2.40. The Balaban J connectivity index is 1.18. The van der Waals surface area contributed by atoms with Crippen LogP contribution < -0.4 is 16.0 Å². The van der Waals surface area contributed by atoms with Gasteiger partial charge in [-0.2, -0.15) is 0 Å². The molecule has 7 nitrogen and oxygen atoms in total. The van der Waals surface area contributed by atoms with E-state index >= 15 is 0 Å². The molecule has 46 heavy (non-hydrogen) atoms. The number of amides is 2. The molecule has 0 atom stereocenters. The third-order valence-electron chi connectivity index (χ3n) is 8.58. The van der Waals surface area contributed by atoms with Gasteiger partial charge in [0.25, 0.3) is 11.8 Å². The zero-order valence-corrected chi connectivity index (χ0v) is 26.0. The van der Waals surface area contributed by atoms with Crippen LogP contribution in [0.2, 0.25) is 5.02 Å². The highest BCUT2D eigenvalue weighted by molar-refractivity contribution is 6.32. The summed E-state index contributed by atoms with van der Waals surface area (Å²) >= 11 is 6.45. The number of halogens is 2. The average molecular weight is 633 g/mol. The van der Waals surface area contributed by atoms with E-state index in [1.165, 1.54) is 12.1 Å². The highest BCUT2D eigenvalue weighted by Gasteiger charge is 2.50. The first-order valence-electron chi connectivity index (χ1n) is 15.0. The van der Waals surface area contributed by atoms with Gasteiger partial charge in [0.05, 0.1) is 17.6 Å². The maximum Gasteiger partial charge on any atom is 0.255 e. The predicted molar refractivity (Wildman–Crippen MR) is 179 cm³/mol. The first kappa shape index (κ1) is 29.5. The summed E-state index contributed by atoms with van der Waals surface area (Å²) in [5, 5.41) is 10.6. The van der Waals surface area contributed by atoms with Gasteiger partial charge in [-0.05, 0) is 97.1 Å². The summed E-state index contributed by atoms with van der Waals surface area (Å²) in [5.41, 5.74) is 5.82. The molecule has 1 fully saturated rings. The Morgan fingerprint density at radius 1 is 0.935 bits per heavy atom. The van der Waals surface area contributed by atoms with E-state index in [9.17, 15) is 14.0 Å². The summed E-state index contributed by atoms with van der Waals surface area (Å²) in [4.78, 5) is 31.5. The normalized spacial score (nSPS) is 15.0. The Labute approximate surface area is 270 Å². The number of carbonyl (C=O) groups excluding carboxylic acids is 2. The molecule has 2 heterocycles. The van der Waals surface area contributed by atoms with Crippen LogP contribution in [0.5, 0.6) is 0 Å². The molecule has 0 radical (unpaired) electrons. The van der Waals surface area contributed by atoms with E-state index in [0.717, 1.165) is 46.6 Å². The van der Waals surface area contributed by atoms with Crippen molar-refractivity contribution in [1.82, 2.24) is 16.0 Å². The molecule has 2 aliphatic rings. The Kier molecular flexibility index (Phi) is 7.45. The second-order valence-electron chi connectivity index (χ2n) is 11.6. The van der Waals surface area contributed by atoms with Gasteiger partial charge >= 0.3 is 0 Å². The van der Waals surface area contributed by atoms with E-state index in [1.54, 1.807) is 19.2 Å². The summed E-state index contributed by atoms with van der Waals surface area (Å²) < 4.78 is 19.7. The fourth-order valence-electron chi connectivity index (χ4n) is 5.90. The first-order valence-corrected chi connectivity index (χ1v) is 15.4. The molecule has 7 rings (SSSR count). The Morgan fingerprint density at radius 3 is 2.43 bits per heavy atom. The SMILES string of the molecule is CNC(=O)c1c(-c2ccc(F)cc2)oc2ccc(-c3cc(C(=O)NC4(C5=NCC=C(c6ccccc6Cl)N5)CC4)ccc3C)cc12. The number of carbonyl (C=O) groups is 2. The molecule has 5 aromatic rings. The largest absolute Gasteiger partial charge is 0.455 e. The molecular formula is C37H30ClFN4O3. The van der Waals surface area contributed by atoms with Crippen molar-refractivity contribution in [1.29, 1.82) is 0 Å². The number of hydrogen-bond donors (Lipinski definition) is 3. The maximum atomic E-state index is 13.7. The third-order valence-corrected chi connectivity index (χ3v) is 8.91. The van der Waals surface area contributed by atoms with Crippen LogP contribution in [0.1, 0.15) is 44.7 Å². The number of furan rings is 1. The minimum absolute atomic E-state index is 0.203. The fraction of sp³-hybridized carbons (Fsp3) is 0.162. The molecule has 3 N–H and O–H groups in total. The van der Waals surface area contributed by atoms with Crippen LogP contribution in [0.15, 0.2) is 100 Å². The quantitative estimate of drug-likeness (QED) is 0.173. The van der Waals surface area contributed by atoms with Gasteiger partial charge in [0, 0.05) is 39.8 Å². The van der Waals surface area contributed by atoms with E-state index in [0.29, 0.717) is 45.0 Å². The topological polar surface area (TPSA) is 95.7 Å². The van der Waals surface area contributed by atoms with Crippen molar-refractivity contribution < 1.29 is 18.4 Å². The zero-order valence-electron chi connectivity index (χ0n) is 25.2. The number of nitrogens with one attached hydrogen (secondary N) is 3. The number of benzene rings is 4. The lowest BCUT2D eigenvalue weighted by atomic mass is 9.95. The number of amidine groups is 1. The van der Waals surface area contributed by atoms with Gasteiger partial charge in [-0.15, -0.1) is 0 Å². The fourth-order valence-corrected chi connectivity index (χ4v) is 6.14. The van der Waals surface area contributed by atoms with Gasteiger partial charge in [0.15, 0.2) is 0 Å². The maximum absolute atomic E-state index is 13.7. The van der Waals surface area contributed by atoms with Crippen LogP contribution in [-0.2, 0) is 0 Å². The summed E-state index contributed by atoms with van der Waals surface area (Å²) in [5.74, 6) is 0.192. The van der Waals surface area contributed by atoms with Crippen molar-refractivity contribution in [3.8, 4) is 22.5 Å². The van der Waals surface area contributed by atoms with Crippen LogP contribution >= 0.6 is 11.6 Å². The van der Waals surface area contributed by atoms with E-state index < -0.39 is 5.54 Å². The molecular weight excluding hydrogens is 603 g/mol. The average Bonchev–Trinajstić information content (AvgIpc) is 3.76. The van der Waals surface area contributed by atoms with Crippen molar-refractivity contribution in [3.63, 3.8) is 0 Å². The van der Waals surface area contributed by atoms with Crippen LogP contribution in [0.3, 0.4) is 0 Å². The Morgan fingerprint density at radius 2 is 1.70 bits per heavy atom. The van der Waals surface area contributed by atoms with Crippen LogP contribution in [-0.4, -0.2) is 36.8 Å². The lowest BCUT2D eigenvalue weighted by molar-refractivity contribution is 0.0940. The molecule has 0 spiro atoms. The lowest BCUT2D eigenvalue weighted by Gasteiger charge is -2.25. The minimum atomic E-state index is -0.572. The Hall–Kier alpha value is -5.21. The molecule has 1 aliphatic heterocycles. The number of rotatable bonds is 7. The summed E-state index contributed by atoms with van der Waals surface area (Å²) in [6.45, 7) is 2.47. The molecule has 0 unspecified atom stereocenters. The molecule has 1 saturated carbocycles. The molecule has 0 bridgehead atoms. The van der Waals surface area contributed by atoms with Crippen LogP contribution in [0.25, 0.3) is 39.1 Å². The second kappa shape index (κ2) is 11.6. The first-order chi connectivity index (χ1) is 22.3. The molecule has 230 valence electrons. The summed E-state index contributed by atoms with van der Waals surface area (Å²) in [7, 11) is 1.56. The Bertz CT molecular complexity index is 2090. The van der Waals surface area contributed by atoms with E-state index in [-0.39, 0.29) is 17.6 Å². The zero-order chi connectivity index (χ0) is 32.0. The van der Waals surface area contributed by atoms with E-state index in [2.05, 4.69) is 16.0 Å². The van der Waals surface area contributed by atoms with Crippen molar-refractivity contribution in [2.24, 2.45) is 4.99 Å². The number of aliphatic imine (C=N–C) groups is 1. The van der Waals surface area contributed by atoms with Gasteiger partial charge in [-0.1, -0.05) is 41.9 Å². The molecule has 9 heteroatoms. The number of fused-ring (bicyclic) bond motifs is 1. The standard InChI is InChI=1S/C37H30ClFN4O3/c1-21-7-8-24(34(44)43-37(16-17-37)36-41-18-15-30(42-36)26-5-3-4-6-29(26)38)20-27(21)23-11-14-31-28(19-23)32(35(45)40-2)33(46-31)22-9-12-25(39)13-10-22/h3-15,19-20H,16-18H2,1-2H3,(H,40,45)(H,41,42)(H,43,44). The molecule has 0 saturated heterocycles. The smallest absolute Gasteiger partial charge is 0.255 e. The molecule has 4 aromatic carbocycles. The molecule has 1 aromatic heterocycles. The molecule has 1 aliphatic carbocycles. The predicted octanol–water partition coefficient (Wildman–Crippen LogP) is 7.53. The van der Waals surface area contributed by atoms with Gasteiger partial charge in [-0.3, -0.25) is 14.6 Å². The van der Waals surface area contributed by atoms with Crippen molar-refractivity contribution >= 4 is 45.9 Å². The minimum Gasteiger partial charge on any atom is -0.455 e. The number of aryl methyl sites for hydroxylation is 1. The molecule has 2 amide bonds. The lowest BCUT2D eigenvalue weighted by Crippen LogP contribution is -2.49. The van der Waals surface area contributed by atoms with E-state index in [1.807, 2.05) is 73.7 Å². The van der Waals surface area contributed by atoms with Crippen LogP contribution in [0.4, 0.5) is 4.39 Å². The van der Waals surface area contributed by atoms with Crippen molar-refractivity contribution in [2.75, 3.05) is 13.6 Å².